The standard InChI is InChI=1S/C12H18Cl2N4O/c1-7-4-10(14)11(5-9(7)13)17-12(18-15)16-8(2)6-19-3/h4-5,8H,6,15H2,1-3H3,(H2,16,17,18). The third-order valence-corrected chi connectivity index (χ3v) is 3.12. The Hall–Kier alpha value is -1.01. The number of rotatable bonds is 4. The second-order valence-corrected chi connectivity index (χ2v) is 4.95. The Balaban J connectivity index is 2.90. The van der Waals surface area contributed by atoms with Crippen LogP contribution in [-0.2, 0) is 4.74 Å². The van der Waals surface area contributed by atoms with Crippen LogP contribution < -0.4 is 16.6 Å². The van der Waals surface area contributed by atoms with Gasteiger partial charge in [-0.1, -0.05) is 23.2 Å². The van der Waals surface area contributed by atoms with Crippen molar-refractivity contribution in [1.82, 2.24) is 5.43 Å². The lowest BCUT2D eigenvalue weighted by Gasteiger charge is -2.14. The van der Waals surface area contributed by atoms with E-state index in [0.717, 1.165) is 5.56 Å². The number of nitrogens with two attached hydrogens (primary N) is 1. The summed E-state index contributed by atoms with van der Waals surface area (Å²) in [5.41, 5.74) is 4.03. The van der Waals surface area contributed by atoms with E-state index in [2.05, 4.69) is 15.7 Å². The molecule has 0 bridgehead atoms. The molecule has 1 unspecified atom stereocenters. The monoisotopic (exact) mass is 304 g/mol. The fraction of sp³-hybridized carbons (Fsp3) is 0.417. The van der Waals surface area contributed by atoms with Crippen molar-refractivity contribution in [2.75, 3.05) is 19.0 Å². The first kappa shape index (κ1) is 16.0. The lowest BCUT2D eigenvalue weighted by Crippen LogP contribution is -2.37. The zero-order valence-corrected chi connectivity index (χ0v) is 12.6. The fourth-order valence-corrected chi connectivity index (χ4v) is 1.90. The number of aliphatic imine (C=N–C) groups is 1. The number of hydrogen-bond donors (Lipinski definition) is 3. The molecular formula is C12H18Cl2N4O. The molecule has 0 spiro atoms. The Kier molecular flexibility index (Phi) is 6.37. The van der Waals surface area contributed by atoms with Crippen LogP contribution in [0.2, 0.25) is 10.0 Å². The molecule has 0 fully saturated rings. The summed E-state index contributed by atoms with van der Waals surface area (Å²) < 4.78 is 5.01. The van der Waals surface area contributed by atoms with Crippen LogP contribution in [-0.4, -0.2) is 25.7 Å². The number of anilines is 1. The largest absolute Gasteiger partial charge is 0.382 e. The summed E-state index contributed by atoms with van der Waals surface area (Å²) in [6, 6.07) is 3.47. The summed E-state index contributed by atoms with van der Waals surface area (Å²) in [7, 11) is 1.62. The molecule has 4 N–H and O–H groups in total. The lowest BCUT2D eigenvalue weighted by molar-refractivity contribution is 0.185. The second kappa shape index (κ2) is 7.55. The number of methoxy groups -OCH3 is 1. The molecule has 1 aromatic rings. The first-order valence-corrected chi connectivity index (χ1v) is 6.49. The molecule has 1 rings (SSSR count). The van der Waals surface area contributed by atoms with Crippen molar-refractivity contribution in [2.24, 2.45) is 10.8 Å². The average molecular weight is 305 g/mol. The van der Waals surface area contributed by atoms with Crippen molar-refractivity contribution in [3.05, 3.63) is 27.7 Å². The Morgan fingerprint density at radius 3 is 2.68 bits per heavy atom. The summed E-state index contributed by atoms with van der Waals surface area (Å²) in [4.78, 5) is 4.32. The van der Waals surface area contributed by atoms with Crippen molar-refractivity contribution >= 4 is 34.8 Å². The molecule has 1 atom stereocenters. The number of hydrogen-bond acceptors (Lipinski definition) is 3. The van der Waals surface area contributed by atoms with Gasteiger partial charge in [0.05, 0.1) is 23.4 Å². The molecule has 0 radical (unpaired) electrons. The second-order valence-electron chi connectivity index (χ2n) is 4.13. The number of nitrogens with one attached hydrogen (secondary N) is 2. The minimum absolute atomic E-state index is 0.0387. The Morgan fingerprint density at radius 1 is 1.42 bits per heavy atom. The summed E-state index contributed by atoms with van der Waals surface area (Å²) in [5, 5.41) is 4.16. The van der Waals surface area contributed by atoms with Crippen molar-refractivity contribution in [3.63, 3.8) is 0 Å². The van der Waals surface area contributed by atoms with Gasteiger partial charge in [-0.2, -0.15) is 0 Å². The van der Waals surface area contributed by atoms with Gasteiger partial charge >= 0.3 is 0 Å². The molecule has 7 heteroatoms. The quantitative estimate of drug-likeness (QED) is 0.346. The molecule has 0 heterocycles. The molecule has 0 saturated carbocycles. The smallest absolute Gasteiger partial charge is 0.210 e. The van der Waals surface area contributed by atoms with Gasteiger partial charge in [-0.05, 0) is 31.5 Å². The molecule has 5 nitrogen and oxygen atoms in total. The molecule has 0 aliphatic carbocycles. The maximum Gasteiger partial charge on any atom is 0.210 e. The maximum absolute atomic E-state index is 6.13. The first-order valence-electron chi connectivity index (χ1n) is 5.74. The van der Waals surface area contributed by atoms with E-state index in [-0.39, 0.29) is 6.04 Å². The average Bonchev–Trinajstić information content (AvgIpc) is 2.35. The van der Waals surface area contributed by atoms with Gasteiger partial charge < -0.3 is 10.1 Å². The minimum atomic E-state index is -0.0387. The molecule has 0 aromatic heterocycles. The molecule has 106 valence electrons. The maximum atomic E-state index is 6.13. The van der Waals surface area contributed by atoms with Crippen molar-refractivity contribution in [1.29, 1.82) is 0 Å². The molecule has 0 aliphatic rings. The molecule has 0 aliphatic heterocycles. The van der Waals surface area contributed by atoms with Crippen LogP contribution in [0.1, 0.15) is 12.5 Å². The predicted molar refractivity (Wildman–Crippen MR) is 80.9 cm³/mol. The van der Waals surface area contributed by atoms with Gasteiger partial charge in [-0.15, -0.1) is 0 Å². The highest BCUT2D eigenvalue weighted by atomic mass is 35.5. The predicted octanol–water partition coefficient (Wildman–Crippen LogP) is 2.57. The van der Waals surface area contributed by atoms with Gasteiger partial charge in [0, 0.05) is 12.1 Å². The molecule has 19 heavy (non-hydrogen) atoms. The topological polar surface area (TPSA) is 71.7 Å². The number of hydrazine groups is 1. The molecule has 0 amide bonds. The van der Waals surface area contributed by atoms with E-state index in [0.29, 0.717) is 28.3 Å². The van der Waals surface area contributed by atoms with E-state index >= 15 is 0 Å². The highest BCUT2D eigenvalue weighted by Gasteiger charge is 2.08. The fourth-order valence-electron chi connectivity index (χ4n) is 1.47. The third kappa shape index (κ3) is 4.87. The number of nitrogens with zero attached hydrogens (tertiary/aromatic N) is 1. The Bertz CT molecular complexity index is 465. The number of benzene rings is 1. The van der Waals surface area contributed by atoms with E-state index < -0.39 is 0 Å². The summed E-state index contributed by atoms with van der Waals surface area (Å²) in [6.45, 7) is 4.29. The Morgan fingerprint density at radius 2 is 2.11 bits per heavy atom. The van der Waals surface area contributed by atoms with Gasteiger partial charge in [-0.3, -0.25) is 5.43 Å². The van der Waals surface area contributed by atoms with Crippen LogP contribution >= 0.6 is 23.2 Å². The van der Waals surface area contributed by atoms with Crippen LogP contribution in [0.15, 0.2) is 17.1 Å². The first-order chi connectivity index (χ1) is 8.97. The zero-order valence-electron chi connectivity index (χ0n) is 11.1. The van der Waals surface area contributed by atoms with Crippen LogP contribution in [0.4, 0.5) is 5.69 Å². The van der Waals surface area contributed by atoms with Crippen LogP contribution in [0.5, 0.6) is 0 Å². The van der Waals surface area contributed by atoms with E-state index in [1.54, 1.807) is 19.2 Å². The van der Waals surface area contributed by atoms with Crippen molar-refractivity contribution < 1.29 is 4.74 Å². The summed E-state index contributed by atoms with van der Waals surface area (Å²) >= 11 is 12.2. The van der Waals surface area contributed by atoms with E-state index in [9.17, 15) is 0 Å². The highest BCUT2D eigenvalue weighted by molar-refractivity contribution is 6.36. The summed E-state index contributed by atoms with van der Waals surface area (Å²) in [6.07, 6.45) is 0. The third-order valence-electron chi connectivity index (χ3n) is 2.40. The molecular weight excluding hydrogens is 287 g/mol. The van der Waals surface area contributed by atoms with E-state index in [1.807, 2.05) is 13.8 Å². The number of aryl methyl sites for hydroxylation is 1. The number of ether oxygens (including phenoxy) is 1. The van der Waals surface area contributed by atoms with Crippen LogP contribution in [0.3, 0.4) is 0 Å². The lowest BCUT2D eigenvalue weighted by atomic mass is 10.2. The van der Waals surface area contributed by atoms with Gasteiger partial charge in [-0.25, -0.2) is 10.8 Å². The van der Waals surface area contributed by atoms with Crippen molar-refractivity contribution in [2.45, 2.75) is 19.9 Å². The van der Waals surface area contributed by atoms with Gasteiger partial charge in [0.25, 0.3) is 0 Å². The SMILES string of the molecule is COCC(C)N=C(NN)Nc1cc(Cl)c(C)cc1Cl. The minimum Gasteiger partial charge on any atom is -0.382 e. The molecule has 1 aromatic carbocycles. The van der Waals surface area contributed by atoms with E-state index in [4.69, 9.17) is 33.8 Å². The summed E-state index contributed by atoms with van der Waals surface area (Å²) in [5.74, 6) is 5.82. The van der Waals surface area contributed by atoms with Crippen LogP contribution in [0, 0.1) is 6.92 Å². The number of guanidine groups is 1. The highest BCUT2D eigenvalue weighted by Crippen LogP contribution is 2.28. The van der Waals surface area contributed by atoms with Gasteiger partial charge in [0.2, 0.25) is 5.96 Å². The zero-order chi connectivity index (χ0) is 14.4. The Labute approximate surface area is 123 Å². The van der Waals surface area contributed by atoms with Gasteiger partial charge in [0.15, 0.2) is 0 Å². The normalized spacial score (nSPS) is 13.3. The van der Waals surface area contributed by atoms with Gasteiger partial charge in [0.1, 0.15) is 0 Å². The van der Waals surface area contributed by atoms with Crippen molar-refractivity contribution in [3.8, 4) is 0 Å². The van der Waals surface area contributed by atoms with Crippen LogP contribution in [0.25, 0.3) is 0 Å². The van der Waals surface area contributed by atoms with E-state index in [1.165, 1.54) is 0 Å². The number of halogens is 2. The molecule has 0 saturated heterocycles.